The molecule has 0 aromatic heterocycles. The van der Waals surface area contributed by atoms with Crippen LogP contribution in [0.15, 0.2) is 53.0 Å². The first-order chi connectivity index (χ1) is 14.0. The predicted octanol–water partition coefficient (Wildman–Crippen LogP) is 3.65. The average Bonchev–Trinajstić information content (AvgIpc) is 2.73. The van der Waals surface area contributed by atoms with Crippen LogP contribution in [-0.2, 0) is 4.79 Å². The van der Waals surface area contributed by atoms with E-state index in [1.54, 1.807) is 17.0 Å². The lowest BCUT2D eigenvalue weighted by Crippen LogP contribution is -2.44. The van der Waals surface area contributed by atoms with Crippen molar-refractivity contribution in [3.8, 4) is 11.5 Å². The summed E-state index contributed by atoms with van der Waals surface area (Å²) in [6, 6.07) is 14.4. The van der Waals surface area contributed by atoms with Crippen molar-refractivity contribution in [2.75, 3.05) is 31.6 Å². The minimum Gasteiger partial charge on any atom is -0.486 e. The second kappa shape index (κ2) is 10.2. The Balaban J connectivity index is 1.41. The van der Waals surface area contributed by atoms with Gasteiger partial charge in [-0.2, -0.15) is 0 Å². The van der Waals surface area contributed by atoms with Crippen molar-refractivity contribution in [1.29, 1.82) is 0 Å². The fourth-order valence-electron chi connectivity index (χ4n) is 2.96. The molecule has 154 valence electrons. The van der Waals surface area contributed by atoms with E-state index >= 15 is 0 Å². The van der Waals surface area contributed by atoms with Crippen LogP contribution in [0.2, 0.25) is 0 Å². The highest BCUT2D eigenvalue weighted by molar-refractivity contribution is 9.10. The number of para-hydroxylation sites is 2. The fraction of sp³-hybridized carbons (Fsp3) is 0.333. The predicted molar refractivity (Wildman–Crippen MR) is 114 cm³/mol. The molecule has 2 N–H and O–H groups in total. The van der Waals surface area contributed by atoms with Crippen LogP contribution in [0.1, 0.15) is 13.3 Å². The van der Waals surface area contributed by atoms with Gasteiger partial charge >= 0.3 is 6.03 Å². The van der Waals surface area contributed by atoms with Crippen molar-refractivity contribution < 1.29 is 19.1 Å². The number of hydrogen-bond acceptors (Lipinski definition) is 4. The second-order valence-corrected chi connectivity index (χ2v) is 7.48. The van der Waals surface area contributed by atoms with E-state index in [2.05, 4.69) is 26.6 Å². The number of rotatable bonds is 7. The van der Waals surface area contributed by atoms with E-state index in [1.807, 2.05) is 43.3 Å². The minimum atomic E-state index is -0.344. The van der Waals surface area contributed by atoms with Gasteiger partial charge in [-0.25, -0.2) is 4.79 Å². The molecule has 2 aromatic carbocycles. The Morgan fingerprint density at radius 1 is 1.14 bits per heavy atom. The fourth-order valence-corrected chi connectivity index (χ4v) is 3.22. The van der Waals surface area contributed by atoms with Crippen LogP contribution in [0, 0.1) is 0 Å². The molecule has 29 heavy (non-hydrogen) atoms. The molecule has 1 atom stereocenters. The van der Waals surface area contributed by atoms with E-state index in [9.17, 15) is 9.59 Å². The molecule has 1 aliphatic heterocycles. The Kier molecular flexibility index (Phi) is 7.35. The number of hydrogen-bond donors (Lipinski definition) is 2. The third-order valence-corrected chi connectivity index (χ3v) is 4.98. The smallest absolute Gasteiger partial charge is 0.319 e. The Labute approximate surface area is 178 Å². The van der Waals surface area contributed by atoms with E-state index < -0.39 is 0 Å². The van der Waals surface area contributed by atoms with Crippen LogP contribution in [-0.4, -0.2) is 49.2 Å². The van der Waals surface area contributed by atoms with Gasteiger partial charge < -0.3 is 25.0 Å². The van der Waals surface area contributed by atoms with Gasteiger partial charge in [0.2, 0.25) is 5.91 Å². The van der Waals surface area contributed by atoms with Gasteiger partial charge in [0.25, 0.3) is 0 Å². The van der Waals surface area contributed by atoms with Gasteiger partial charge in [-0.05, 0) is 43.3 Å². The summed E-state index contributed by atoms with van der Waals surface area (Å²) in [6.07, 6.45) is -0.00589. The van der Waals surface area contributed by atoms with Crippen LogP contribution in [0.3, 0.4) is 0 Å². The SMILES string of the molecule is CCN(CC1COc2ccccc2O1)C(=O)CCNC(=O)Nc1ccc(Br)cc1. The summed E-state index contributed by atoms with van der Waals surface area (Å²) in [5, 5.41) is 5.44. The molecule has 0 radical (unpaired) electrons. The lowest BCUT2D eigenvalue weighted by molar-refractivity contribution is -0.132. The monoisotopic (exact) mass is 461 g/mol. The van der Waals surface area contributed by atoms with E-state index in [1.165, 1.54) is 0 Å². The Bertz CT molecular complexity index is 844. The van der Waals surface area contributed by atoms with Crippen molar-refractivity contribution >= 4 is 33.6 Å². The lowest BCUT2D eigenvalue weighted by atomic mass is 10.2. The number of amides is 3. The molecule has 0 aliphatic carbocycles. The number of carbonyl (C=O) groups is 2. The van der Waals surface area contributed by atoms with Gasteiger partial charge in [0.05, 0.1) is 6.54 Å². The third-order valence-electron chi connectivity index (χ3n) is 4.45. The Hall–Kier alpha value is -2.74. The maximum Gasteiger partial charge on any atom is 0.319 e. The summed E-state index contributed by atoms with van der Waals surface area (Å²) < 4.78 is 12.6. The zero-order valence-electron chi connectivity index (χ0n) is 16.2. The number of halogens is 1. The number of likely N-dealkylation sites (N-methyl/N-ethyl adjacent to an activating group) is 1. The maximum absolute atomic E-state index is 12.5. The number of nitrogens with one attached hydrogen (secondary N) is 2. The van der Waals surface area contributed by atoms with Crippen LogP contribution in [0.25, 0.3) is 0 Å². The first-order valence-electron chi connectivity index (χ1n) is 9.52. The van der Waals surface area contributed by atoms with E-state index in [-0.39, 0.29) is 31.0 Å². The molecular weight excluding hydrogens is 438 g/mol. The molecule has 1 aliphatic rings. The molecule has 2 aromatic rings. The topological polar surface area (TPSA) is 79.9 Å². The van der Waals surface area contributed by atoms with Gasteiger partial charge in [0.1, 0.15) is 6.61 Å². The molecular formula is C21H24BrN3O4. The van der Waals surface area contributed by atoms with Crippen molar-refractivity contribution in [2.24, 2.45) is 0 Å². The van der Waals surface area contributed by atoms with Crippen molar-refractivity contribution in [1.82, 2.24) is 10.2 Å². The Morgan fingerprint density at radius 3 is 2.59 bits per heavy atom. The average molecular weight is 462 g/mol. The molecule has 1 unspecified atom stereocenters. The van der Waals surface area contributed by atoms with Crippen molar-refractivity contribution in [2.45, 2.75) is 19.4 Å². The maximum atomic E-state index is 12.5. The third kappa shape index (κ3) is 6.12. The van der Waals surface area contributed by atoms with Gasteiger partial charge in [-0.3, -0.25) is 4.79 Å². The van der Waals surface area contributed by atoms with E-state index in [0.717, 1.165) is 10.2 Å². The van der Waals surface area contributed by atoms with Gasteiger partial charge in [0.15, 0.2) is 17.6 Å². The summed E-state index contributed by atoms with van der Waals surface area (Å²) in [7, 11) is 0. The van der Waals surface area contributed by atoms with Gasteiger partial charge in [-0.1, -0.05) is 28.1 Å². The Morgan fingerprint density at radius 2 is 1.86 bits per heavy atom. The molecule has 0 fully saturated rings. The highest BCUT2D eigenvalue weighted by Crippen LogP contribution is 2.31. The van der Waals surface area contributed by atoms with E-state index in [0.29, 0.717) is 31.1 Å². The standard InChI is InChI=1S/C21H24BrN3O4/c1-2-25(13-17-14-28-18-5-3-4-6-19(18)29-17)20(26)11-12-23-21(27)24-16-9-7-15(22)8-10-16/h3-10,17H,2,11-14H2,1H3,(H2,23,24,27). The first-order valence-corrected chi connectivity index (χ1v) is 10.3. The number of carbonyl (C=O) groups excluding carboxylic acids is 2. The summed E-state index contributed by atoms with van der Waals surface area (Å²) >= 11 is 3.35. The van der Waals surface area contributed by atoms with Gasteiger partial charge in [-0.15, -0.1) is 0 Å². The highest BCUT2D eigenvalue weighted by atomic mass is 79.9. The molecule has 3 rings (SSSR count). The number of fused-ring (bicyclic) bond motifs is 1. The zero-order chi connectivity index (χ0) is 20.6. The molecule has 0 saturated heterocycles. The molecule has 8 heteroatoms. The molecule has 0 bridgehead atoms. The quantitative estimate of drug-likeness (QED) is 0.659. The highest BCUT2D eigenvalue weighted by Gasteiger charge is 2.24. The lowest BCUT2D eigenvalue weighted by Gasteiger charge is -2.31. The van der Waals surface area contributed by atoms with E-state index in [4.69, 9.17) is 9.47 Å². The zero-order valence-corrected chi connectivity index (χ0v) is 17.8. The number of benzene rings is 2. The van der Waals surface area contributed by atoms with Crippen LogP contribution < -0.4 is 20.1 Å². The largest absolute Gasteiger partial charge is 0.486 e. The molecule has 0 saturated carbocycles. The summed E-state index contributed by atoms with van der Waals surface area (Å²) in [4.78, 5) is 26.2. The van der Waals surface area contributed by atoms with Gasteiger partial charge in [0, 0.05) is 29.7 Å². The second-order valence-electron chi connectivity index (χ2n) is 6.57. The molecule has 7 nitrogen and oxygen atoms in total. The summed E-state index contributed by atoms with van der Waals surface area (Å²) in [5.41, 5.74) is 0.682. The van der Waals surface area contributed by atoms with Crippen LogP contribution >= 0.6 is 15.9 Å². The number of anilines is 1. The number of nitrogens with zero attached hydrogens (tertiary/aromatic N) is 1. The normalized spacial score (nSPS) is 14.8. The summed E-state index contributed by atoms with van der Waals surface area (Å²) in [5.74, 6) is 1.37. The minimum absolute atomic E-state index is 0.0427. The van der Waals surface area contributed by atoms with Crippen LogP contribution in [0.4, 0.5) is 10.5 Å². The molecule has 3 amide bonds. The first kappa shape index (κ1) is 21.0. The molecule has 1 heterocycles. The number of urea groups is 1. The molecule has 0 spiro atoms. The summed E-state index contributed by atoms with van der Waals surface area (Å²) in [6.45, 7) is 3.57. The number of ether oxygens (including phenoxy) is 2. The van der Waals surface area contributed by atoms with Crippen LogP contribution in [0.5, 0.6) is 11.5 Å². The van der Waals surface area contributed by atoms with Crippen molar-refractivity contribution in [3.05, 3.63) is 53.0 Å². The van der Waals surface area contributed by atoms with Crippen molar-refractivity contribution in [3.63, 3.8) is 0 Å².